The molecule has 1 aromatic carbocycles. The fourth-order valence-electron chi connectivity index (χ4n) is 3.61. The lowest BCUT2D eigenvalue weighted by molar-refractivity contribution is -0.108. The van der Waals surface area contributed by atoms with Crippen LogP contribution in [0.15, 0.2) is 18.2 Å². The third-order valence-corrected chi connectivity index (χ3v) is 4.85. The van der Waals surface area contributed by atoms with Crippen molar-refractivity contribution in [3.63, 3.8) is 0 Å². The van der Waals surface area contributed by atoms with Crippen molar-refractivity contribution in [2.75, 3.05) is 0 Å². The summed E-state index contributed by atoms with van der Waals surface area (Å²) in [6.45, 7) is 4.58. The quantitative estimate of drug-likeness (QED) is 0.634. The van der Waals surface area contributed by atoms with Gasteiger partial charge < -0.3 is 4.79 Å². The SMILES string of the molecule is CCCC(CC)c1ccc2c(c1)CCC(CCC=O)C2. The smallest absolute Gasteiger partial charge is 0.120 e. The van der Waals surface area contributed by atoms with E-state index in [1.807, 2.05) is 0 Å². The van der Waals surface area contributed by atoms with Crippen LogP contribution in [0.5, 0.6) is 0 Å². The molecule has 1 aromatic rings. The molecule has 1 heteroatoms. The lowest BCUT2D eigenvalue weighted by atomic mass is 9.79. The Hall–Kier alpha value is -1.11. The minimum Gasteiger partial charge on any atom is -0.303 e. The highest BCUT2D eigenvalue weighted by molar-refractivity contribution is 5.49. The molecule has 0 N–H and O–H groups in total. The van der Waals surface area contributed by atoms with Gasteiger partial charge in [0.25, 0.3) is 0 Å². The van der Waals surface area contributed by atoms with Gasteiger partial charge in [0, 0.05) is 6.42 Å². The zero-order chi connectivity index (χ0) is 14.4. The van der Waals surface area contributed by atoms with Crippen LogP contribution in [0.4, 0.5) is 0 Å². The van der Waals surface area contributed by atoms with Crippen LogP contribution in [0.3, 0.4) is 0 Å². The van der Waals surface area contributed by atoms with Crippen LogP contribution in [0.1, 0.15) is 75.0 Å². The number of benzene rings is 1. The minimum absolute atomic E-state index is 0.719. The fraction of sp³-hybridized carbons (Fsp3) is 0.632. The second kappa shape index (κ2) is 7.61. The number of carbonyl (C=O) groups excluding carboxylic acids is 1. The summed E-state index contributed by atoms with van der Waals surface area (Å²) >= 11 is 0. The molecule has 2 unspecified atom stereocenters. The average Bonchev–Trinajstić information content (AvgIpc) is 2.50. The van der Waals surface area contributed by atoms with E-state index in [1.165, 1.54) is 44.1 Å². The molecule has 110 valence electrons. The van der Waals surface area contributed by atoms with E-state index in [0.717, 1.165) is 31.0 Å². The molecule has 0 saturated carbocycles. The van der Waals surface area contributed by atoms with E-state index in [0.29, 0.717) is 0 Å². The van der Waals surface area contributed by atoms with Gasteiger partial charge in [0.15, 0.2) is 0 Å². The summed E-state index contributed by atoms with van der Waals surface area (Å²) in [5.41, 5.74) is 4.64. The van der Waals surface area contributed by atoms with E-state index >= 15 is 0 Å². The van der Waals surface area contributed by atoms with E-state index in [1.54, 1.807) is 11.1 Å². The number of hydrogen-bond acceptors (Lipinski definition) is 1. The summed E-state index contributed by atoms with van der Waals surface area (Å²) in [6.07, 6.45) is 10.3. The number of aldehydes is 1. The van der Waals surface area contributed by atoms with Gasteiger partial charge in [-0.25, -0.2) is 0 Å². The Morgan fingerprint density at radius 1 is 1.30 bits per heavy atom. The van der Waals surface area contributed by atoms with Gasteiger partial charge in [0.05, 0.1) is 0 Å². The van der Waals surface area contributed by atoms with Gasteiger partial charge >= 0.3 is 0 Å². The van der Waals surface area contributed by atoms with Crippen LogP contribution in [0, 0.1) is 5.92 Å². The molecule has 0 heterocycles. The van der Waals surface area contributed by atoms with Crippen LogP contribution in [-0.2, 0) is 17.6 Å². The van der Waals surface area contributed by atoms with Crippen LogP contribution < -0.4 is 0 Å². The molecular weight excluding hydrogens is 244 g/mol. The summed E-state index contributed by atoms with van der Waals surface area (Å²) in [5, 5.41) is 0. The summed E-state index contributed by atoms with van der Waals surface area (Å²) in [6, 6.07) is 7.18. The molecule has 0 amide bonds. The highest BCUT2D eigenvalue weighted by Gasteiger charge is 2.19. The van der Waals surface area contributed by atoms with E-state index in [9.17, 15) is 4.79 Å². The molecule has 0 bridgehead atoms. The number of fused-ring (bicyclic) bond motifs is 1. The van der Waals surface area contributed by atoms with E-state index < -0.39 is 0 Å². The first-order valence-electron chi connectivity index (χ1n) is 8.33. The lowest BCUT2D eigenvalue weighted by Gasteiger charge is -2.26. The zero-order valence-electron chi connectivity index (χ0n) is 13.0. The van der Waals surface area contributed by atoms with Gasteiger partial charge in [-0.2, -0.15) is 0 Å². The Kier molecular flexibility index (Phi) is 5.82. The number of rotatable bonds is 7. The van der Waals surface area contributed by atoms with Crippen molar-refractivity contribution in [1.82, 2.24) is 0 Å². The summed E-state index contributed by atoms with van der Waals surface area (Å²) in [5.74, 6) is 1.45. The maximum Gasteiger partial charge on any atom is 0.120 e. The van der Waals surface area contributed by atoms with E-state index in [2.05, 4.69) is 32.0 Å². The van der Waals surface area contributed by atoms with E-state index in [-0.39, 0.29) is 0 Å². The van der Waals surface area contributed by atoms with Crippen molar-refractivity contribution >= 4 is 6.29 Å². The van der Waals surface area contributed by atoms with Gasteiger partial charge in [0.2, 0.25) is 0 Å². The second-order valence-corrected chi connectivity index (χ2v) is 6.27. The number of aryl methyl sites for hydroxylation is 1. The Bertz CT molecular complexity index is 435. The summed E-state index contributed by atoms with van der Waals surface area (Å²) < 4.78 is 0. The standard InChI is InChI=1S/C19H28O/c1-3-6-16(4-2)18-11-10-17-13-15(7-5-12-20)8-9-19(17)14-18/h10-12,14-16H,3-9,13H2,1-2H3. The minimum atomic E-state index is 0.719. The van der Waals surface area contributed by atoms with Crippen molar-refractivity contribution in [3.8, 4) is 0 Å². The van der Waals surface area contributed by atoms with Crippen LogP contribution in [0.25, 0.3) is 0 Å². The highest BCUT2D eigenvalue weighted by atomic mass is 16.1. The molecule has 0 aromatic heterocycles. The maximum atomic E-state index is 10.5. The van der Waals surface area contributed by atoms with Crippen molar-refractivity contribution in [1.29, 1.82) is 0 Å². The first-order valence-corrected chi connectivity index (χ1v) is 8.33. The zero-order valence-corrected chi connectivity index (χ0v) is 13.0. The van der Waals surface area contributed by atoms with Gasteiger partial charge in [-0.15, -0.1) is 0 Å². The van der Waals surface area contributed by atoms with Gasteiger partial charge in [-0.3, -0.25) is 0 Å². The largest absolute Gasteiger partial charge is 0.303 e. The number of carbonyl (C=O) groups is 1. The first kappa shape index (κ1) is 15.3. The number of hydrogen-bond donors (Lipinski definition) is 0. The molecule has 2 atom stereocenters. The average molecular weight is 272 g/mol. The van der Waals surface area contributed by atoms with Crippen molar-refractivity contribution in [2.45, 2.75) is 71.1 Å². The van der Waals surface area contributed by atoms with E-state index in [4.69, 9.17) is 0 Å². The molecule has 0 saturated heterocycles. The molecule has 1 aliphatic carbocycles. The molecule has 1 nitrogen and oxygen atoms in total. The van der Waals surface area contributed by atoms with Crippen molar-refractivity contribution in [2.24, 2.45) is 5.92 Å². The molecule has 0 radical (unpaired) electrons. The normalized spacial score (nSPS) is 19.4. The van der Waals surface area contributed by atoms with Crippen LogP contribution in [0.2, 0.25) is 0 Å². The lowest BCUT2D eigenvalue weighted by Crippen LogP contribution is -2.15. The molecule has 2 rings (SSSR count). The molecule has 0 fully saturated rings. The second-order valence-electron chi connectivity index (χ2n) is 6.27. The Labute approximate surface area is 123 Å². The third kappa shape index (κ3) is 3.71. The monoisotopic (exact) mass is 272 g/mol. The molecular formula is C19H28O. The topological polar surface area (TPSA) is 17.1 Å². The van der Waals surface area contributed by atoms with Gasteiger partial charge in [-0.1, -0.05) is 38.5 Å². The van der Waals surface area contributed by atoms with Crippen molar-refractivity contribution < 1.29 is 4.79 Å². The Morgan fingerprint density at radius 2 is 2.15 bits per heavy atom. The molecule has 1 aliphatic rings. The fourth-order valence-corrected chi connectivity index (χ4v) is 3.61. The Morgan fingerprint density at radius 3 is 2.85 bits per heavy atom. The van der Waals surface area contributed by atoms with Crippen LogP contribution >= 0.6 is 0 Å². The summed E-state index contributed by atoms with van der Waals surface area (Å²) in [7, 11) is 0. The van der Waals surface area contributed by atoms with Gasteiger partial charge in [0.1, 0.15) is 6.29 Å². The third-order valence-electron chi connectivity index (χ3n) is 4.85. The predicted octanol–water partition coefficient (Wildman–Crippen LogP) is 5.06. The molecule has 0 aliphatic heterocycles. The highest BCUT2D eigenvalue weighted by Crippen LogP contribution is 2.32. The Balaban J connectivity index is 2.07. The van der Waals surface area contributed by atoms with Crippen LogP contribution in [-0.4, -0.2) is 6.29 Å². The maximum absolute atomic E-state index is 10.5. The summed E-state index contributed by atoms with van der Waals surface area (Å²) in [4.78, 5) is 10.5. The van der Waals surface area contributed by atoms with Crippen molar-refractivity contribution in [3.05, 3.63) is 34.9 Å². The van der Waals surface area contributed by atoms with Gasteiger partial charge in [-0.05, 0) is 67.1 Å². The molecule has 20 heavy (non-hydrogen) atoms. The predicted molar refractivity (Wildman–Crippen MR) is 85.2 cm³/mol. The first-order chi connectivity index (χ1) is 9.78. The molecule has 0 spiro atoms.